The smallest absolute Gasteiger partial charge is 0.187 e. The van der Waals surface area contributed by atoms with Crippen LogP contribution in [0.25, 0.3) is 0 Å². The van der Waals surface area contributed by atoms with Gasteiger partial charge in [0, 0.05) is 12.3 Å². The van der Waals surface area contributed by atoms with E-state index in [4.69, 9.17) is 42.6 Å². The molecule has 12 N–H and O–H groups in total. The van der Waals surface area contributed by atoms with Gasteiger partial charge in [-0.1, -0.05) is 20.8 Å². The molecule has 8 fully saturated rings. The van der Waals surface area contributed by atoms with Crippen molar-refractivity contribution in [2.45, 2.75) is 241 Å². The summed E-state index contributed by atoms with van der Waals surface area (Å²) in [5.74, 6) is 3.36. The molecule has 0 bridgehead atoms. The maximum Gasteiger partial charge on any atom is 0.187 e. The summed E-state index contributed by atoms with van der Waals surface area (Å²) >= 11 is 0. The fourth-order valence-corrected chi connectivity index (χ4v) is 15.1. The highest BCUT2D eigenvalue weighted by Crippen LogP contribution is 2.70. The van der Waals surface area contributed by atoms with E-state index < -0.39 is 136 Å². The van der Waals surface area contributed by atoms with E-state index in [1.807, 2.05) is 6.92 Å². The van der Waals surface area contributed by atoms with Crippen molar-refractivity contribution in [1.82, 2.24) is 0 Å². The standard InChI is InChI=1S/C51H84O21/c1-20(19-64-46-40(60)39(59)36(56)31(17-52)69-46)7-10-29-21(2)33-30(68-29)16-28-26-9-8-24-15-25(11-13-50(24,5)27(26)12-14-51(28,33)6)67-49-45(72-48-42(62)38(58)35(55)23(4)66-48)43(63)44(32(18-53)70-49)71-47-41(61)37(57)34(54)22(3)65-47/h20,22-28,30-49,52-63H,7-19H2,1-6H3/t20-,22-,23-,24-,25+,26-,27+,28+,30+,31-,32-,33+,34-,35-,36-,37+,38+,39+,40-,41+,42+,43+,44-,45-,46-,47-,48-,49-,50+,51+/m1/s1. The average Bonchev–Trinajstić information content (AvgIpc) is 3.85. The molecular weight excluding hydrogens is 949 g/mol. The normalized spacial score (nSPS) is 54.1. The summed E-state index contributed by atoms with van der Waals surface area (Å²) in [7, 11) is 0. The van der Waals surface area contributed by atoms with Gasteiger partial charge < -0.3 is 104 Å². The molecule has 5 heterocycles. The maximum atomic E-state index is 12.1. The van der Waals surface area contributed by atoms with Crippen molar-refractivity contribution in [3.63, 3.8) is 0 Å². The number of ether oxygens (including phenoxy) is 9. The minimum Gasteiger partial charge on any atom is -0.494 e. The van der Waals surface area contributed by atoms with Crippen molar-refractivity contribution in [3.05, 3.63) is 11.3 Å². The Bertz CT molecular complexity index is 1860. The Kier molecular flexibility index (Phi) is 16.9. The highest BCUT2D eigenvalue weighted by atomic mass is 16.8. The zero-order valence-electron chi connectivity index (χ0n) is 42.4. The molecule has 30 atom stereocenters. The van der Waals surface area contributed by atoms with Gasteiger partial charge in [-0.15, -0.1) is 0 Å². The lowest BCUT2D eigenvalue weighted by Gasteiger charge is -2.61. The highest BCUT2D eigenvalue weighted by molar-refractivity contribution is 5.27. The van der Waals surface area contributed by atoms with Crippen molar-refractivity contribution in [1.29, 1.82) is 0 Å². The fourth-order valence-electron chi connectivity index (χ4n) is 15.1. The van der Waals surface area contributed by atoms with Gasteiger partial charge in [-0.3, -0.25) is 0 Å². The van der Waals surface area contributed by atoms with E-state index in [2.05, 4.69) is 20.8 Å². The number of rotatable bonds is 14. The van der Waals surface area contributed by atoms with Crippen LogP contribution in [0.1, 0.15) is 106 Å². The number of aliphatic hydroxyl groups is 12. The zero-order valence-corrected chi connectivity index (χ0v) is 42.4. The van der Waals surface area contributed by atoms with Crippen LogP contribution in [0.3, 0.4) is 0 Å². The SMILES string of the molecule is CC1=C(CC[C@@H](C)CO[C@@H]2O[C@H](CO)[C@@H](O)[C@H](O)[C@H]2O)O[C@H]2C[C@H]3[C@@H]4CC[C@@H]5C[C@@H](O[C@@H]6O[C@H](CO)[C@@H](O[C@H]7O[C@H](C)[C@@H](O)[C@H](O)[C@@H]7O)[C@H](O)[C@H]6O[C@H]6O[C@H](C)[C@@H](O)[C@H](O)[C@@H]6O)CC[C@]5(C)[C@H]4CC[C@]3(C)[C@@H]12. The highest BCUT2D eigenvalue weighted by Gasteiger charge is 2.65. The number of hydrogen-bond donors (Lipinski definition) is 12. The van der Waals surface area contributed by atoms with E-state index in [9.17, 15) is 61.3 Å². The van der Waals surface area contributed by atoms with Crippen molar-refractivity contribution >= 4 is 0 Å². The molecule has 414 valence electrons. The first-order chi connectivity index (χ1) is 34.1. The molecule has 0 aromatic carbocycles. The number of fused-ring (bicyclic) bond motifs is 7. The molecule has 9 aliphatic rings. The molecular formula is C51H84O21. The maximum absolute atomic E-state index is 12.1. The number of hydrogen-bond acceptors (Lipinski definition) is 21. The van der Waals surface area contributed by atoms with Gasteiger partial charge in [0.2, 0.25) is 0 Å². The van der Waals surface area contributed by atoms with E-state index >= 15 is 0 Å². The van der Waals surface area contributed by atoms with Gasteiger partial charge in [-0.05, 0) is 125 Å². The van der Waals surface area contributed by atoms with Crippen molar-refractivity contribution in [3.8, 4) is 0 Å². The summed E-state index contributed by atoms with van der Waals surface area (Å²) in [4.78, 5) is 0. The second kappa shape index (κ2) is 21.9. The van der Waals surface area contributed by atoms with E-state index in [0.717, 1.165) is 57.1 Å². The molecule has 0 unspecified atom stereocenters. The minimum absolute atomic E-state index is 0.0468. The molecule has 0 amide bonds. The zero-order chi connectivity index (χ0) is 51.9. The quantitative estimate of drug-likeness (QED) is 0.0934. The summed E-state index contributed by atoms with van der Waals surface area (Å²) in [5.41, 5.74) is 1.48. The molecule has 0 spiro atoms. The van der Waals surface area contributed by atoms with E-state index in [1.165, 1.54) is 19.4 Å². The molecule has 21 heteroatoms. The number of allylic oxidation sites excluding steroid dienone is 1. The lowest BCUT2D eigenvalue weighted by molar-refractivity contribution is -0.389. The minimum atomic E-state index is -1.73. The lowest BCUT2D eigenvalue weighted by atomic mass is 9.44. The van der Waals surface area contributed by atoms with Gasteiger partial charge in [0.25, 0.3) is 0 Å². The summed E-state index contributed by atoms with van der Waals surface area (Å²) < 4.78 is 54.9. The predicted octanol–water partition coefficient (Wildman–Crippen LogP) is -0.950. The Labute approximate surface area is 421 Å². The van der Waals surface area contributed by atoms with Crippen LogP contribution in [0.5, 0.6) is 0 Å². The van der Waals surface area contributed by atoms with Gasteiger partial charge in [0.05, 0.1) is 43.9 Å². The molecule has 0 aromatic rings. The molecule has 72 heavy (non-hydrogen) atoms. The Morgan fingerprint density at radius 3 is 1.81 bits per heavy atom. The lowest BCUT2D eigenvalue weighted by Crippen LogP contribution is -2.66. The summed E-state index contributed by atoms with van der Waals surface area (Å²) in [6, 6.07) is 0. The Morgan fingerprint density at radius 1 is 0.583 bits per heavy atom. The predicted molar refractivity (Wildman–Crippen MR) is 247 cm³/mol. The van der Waals surface area contributed by atoms with Crippen LogP contribution in [-0.2, 0) is 42.6 Å². The second-order valence-electron chi connectivity index (χ2n) is 23.7. The summed E-state index contributed by atoms with van der Waals surface area (Å²) in [6.07, 6.45) is -19.4. The summed E-state index contributed by atoms with van der Waals surface area (Å²) in [6.45, 7) is 11.3. The van der Waals surface area contributed by atoms with Crippen LogP contribution in [0.15, 0.2) is 11.3 Å². The van der Waals surface area contributed by atoms with Crippen molar-refractivity contribution < 1.29 is 104 Å². The Morgan fingerprint density at radius 2 is 1.17 bits per heavy atom. The van der Waals surface area contributed by atoms with Crippen LogP contribution >= 0.6 is 0 Å². The Balaban J connectivity index is 0.833. The molecule has 0 aromatic heterocycles. The van der Waals surface area contributed by atoms with Crippen molar-refractivity contribution in [2.24, 2.45) is 46.3 Å². The molecule has 5 aliphatic heterocycles. The molecule has 21 nitrogen and oxygen atoms in total. The van der Waals surface area contributed by atoms with Gasteiger partial charge >= 0.3 is 0 Å². The summed E-state index contributed by atoms with van der Waals surface area (Å²) in [5, 5.41) is 126. The molecule has 4 aliphatic carbocycles. The van der Waals surface area contributed by atoms with Crippen LogP contribution in [0.4, 0.5) is 0 Å². The first-order valence-electron chi connectivity index (χ1n) is 26.7. The monoisotopic (exact) mass is 1030 g/mol. The van der Waals surface area contributed by atoms with Gasteiger partial charge in [-0.2, -0.15) is 0 Å². The first kappa shape index (κ1) is 55.5. The fraction of sp³-hybridized carbons (Fsp3) is 0.961. The van der Waals surface area contributed by atoms with Gasteiger partial charge in [0.15, 0.2) is 25.2 Å². The van der Waals surface area contributed by atoms with E-state index in [0.29, 0.717) is 42.4 Å². The third kappa shape index (κ3) is 9.98. The van der Waals surface area contributed by atoms with Crippen LogP contribution in [0, 0.1) is 46.3 Å². The second-order valence-corrected chi connectivity index (χ2v) is 23.7. The van der Waals surface area contributed by atoms with Crippen molar-refractivity contribution in [2.75, 3.05) is 19.8 Å². The Hall–Kier alpha value is -1.26. The molecule has 4 saturated carbocycles. The topological polar surface area (TPSA) is 326 Å². The largest absolute Gasteiger partial charge is 0.494 e. The average molecular weight is 1030 g/mol. The third-order valence-electron chi connectivity index (χ3n) is 19.4. The van der Waals surface area contributed by atoms with E-state index in [1.54, 1.807) is 0 Å². The molecule has 4 saturated heterocycles. The third-order valence-corrected chi connectivity index (χ3v) is 19.4. The molecule has 0 radical (unpaired) electrons. The molecule has 9 rings (SSSR count). The van der Waals surface area contributed by atoms with Crippen LogP contribution < -0.4 is 0 Å². The number of aliphatic hydroxyl groups excluding tert-OH is 12. The van der Waals surface area contributed by atoms with Gasteiger partial charge in [0.1, 0.15) is 91.6 Å². The van der Waals surface area contributed by atoms with E-state index in [-0.39, 0.29) is 35.6 Å². The van der Waals surface area contributed by atoms with Crippen LogP contribution in [-0.4, -0.2) is 216 Å². The van der Waals surface area contributed by atoms with Crippen LogP contribution in [0.2, 0.25) is 0 Å². The van der Waals surface area contributed by atoms with Gasteiger partial charge in [-0.25, -0.2) is 0 Å². The first-order valence-corrected chi connectivity index (χ1v) is 26.7.